The number of benzene rings is 1. The van der Waals surface area contributed by atoms with E-state index in [0.29, 0.717) is 32.2 Å². The van der Waals surface area contributed by atoms with Gasteiger partial charge in [0.15, 0.2) is 0 Å². The largest absolute Gasteiger partial charge is 0.383 e. The number of likely N-dealkylation sites (N-methyl/N-ethyl adjacent to an activating group) is 1. The number of carbonyl (C=O) groups excluding carboxylic acids is 1. The minimum atomic E-state index is 0.0157. The van der Waals surface area contributed by atoms with Crippen molar-refractivity contribution in [3.05, 3.63) is 29.8 Å². The van der Waals surface area contributed by atoms with Crippen molar-refractivity contribution >= 4 is 11.6 Å². The summed E-state index contributed by atoms with van der Waals surface area (Å²) < 4.78 is 5.10. The topological polar surface area (TPSA) is 67.6 Å². The van der Waals surface area contributed by atoms with Crippen LogP contribution < -0.4 is 11.1 Å². The maximum Gasteiger partial charge on any atom is 0.225 e. The molecule has 20 heavy (non-hydrogen) atoms. The first kappa shape index (κ1) is 16.6. The number of anilines is 1. The number of rotatable bonds is 8. The Morgan fingerprint density at radius 1 is 1.40 bits per heavy atom. The molecule has 112 valence electrons. The number of ether oxygens (including phenoxy) is 1. The van der Waals surface area contributed by atoms with Crippen LogP contribution >= 0.6 is 0 Å². The summed E-state index contributed by atoms with van der Waals surface area (Å²) in [5.74, 6) is 0.0157. The number of hydrogen-bond acceptors (Lipinski definition) is 4. The monoisotopic (exact) mass is 279 g/mol. The van der Waals surface area contributed by atoms with E-state index in [0.717, 1.165) is 11.3 Å². The molecule has 0 saturated carbocycles. The molecule has 0 aromatic heterocycles. The summed E-state index contributed by atoms with van der Waals surface area (Å²) in [4.78, 5) is 14.0. The standard InChI is InChI=1S/C15H25N3O2/c1-12(11-20-3)18(2)9-8-15(19)17-14-6-4-13(10-16)5-7-14/h4-7,12H,8-11,16H2,1-3H3,(H,17,19). The van der Waals surface area contributed by atoms with Crippen LogP contribution in [0, 0.1) is 0 Å². The van der Waals surface area contributed by atoms with Gasteiger partial charge in [-0.25, -0.2) is 0 Å². The number of amides is 1. The maximum atomic E-state index is 11.9. The molecule has 0 aliphatic heterocycles. The number of nitrogens with two attached hydrogens (primary N) is 1. The molecule has 1 atom stereocenters. The first-order valence-corrected chi connectivity index (χ1v) is 6.85. The molecule has 0 radical (unpaired) electrons. The lowest BCUT2D eigenvalue weighted by atomic mass is 10.2. The molecule has 1 amide bonds. The summed E-state index contributed by atoms with van der Waals surface area (Å²) in [7, 11) is 3.68. The average Bonchev–Trinajstić information content (AvgIpc) is 2.45. The molecule has 1 unspecified atom stereocenters. The first-order chi connectivity index (χ1) is 9.56. The molecular formula is C15H25N3O2. The van der Waals surface area contributed by atoms with E-state index in [1.165, 1.54) is 0 Å². The van der Waals surface area contributed by atoms with E-state index in [-0.39, 0.29) is 5.91 Å². The molecule has 0 spiro atoms. The highest BCUT2D eigenvalue weighted by Gasteiger charge is 2.10. The van der Waals surface area contributed by atoms with Crippen molar-refractivity contribution < 1.29 is 9.53 Å². The lowest BCUT2D eigenvalue weighted by Gasteiger charge is -2.23. The third-order valence-electron chi connectivity index (χ3n) is 3.33. The summed E-state index contributed by atoms with van der Waals surface area (Å²) >= 11 is 0. The van der Waals surface area contributed by atoms with Gasteiger partial charge in [0.1, 0.15) is 0 Å². The Hall–Kier alpha value is -1.43. The molecule has 0 bridgehead atoms. The van der Waals surface area contributed by atoms with Crippen LogP contribution in [-0.4, -0.2) is 44.2 Å². The van der Waals surface area contributed by atoms with Crippen molar-refractivity contribution in [1.82, 2.24) is 4.90 Å². The molecule has 0 heterocycles. The van der Waals surface area contributed by atoms with Gasteiger partial charge in [-0.05, 0) is 31.7 Å². The van der Waals surface area contributed by atoms with Crippen LogP contribution in [0.1, 0.15) is 18.9 Å². The minimum Gasteiger partial charge on any atom is -0.383 e. The average molecular weight is 279 g/mol. The smallest absolute Gasteiger partial charge is 0.225 e. The second-order valence-corrected chi connectivity index (χ2v) is 4.98. The highest BCUT2D eigenvalue weighted by Crippen LogP contribution is 2.09. The fraction of sp³-hybridized carbons (Fsp3) is 0.533. The number of methoxy groups -OCH3 is 1. The number of nitrogens with one attached hydrogen (secondary N) is 1. The molecule has 5 heteroatoms. The summed E-state index contributed by atoms with van der Waals surface area (Å²) in [5.41, 5.74) is 7.39. The van der Waals surface area contributed by atoms with Crippen LogP contribution in [0.2, 0.25) is 0 Å². The first-order valence-electron chi connectivity index (χ1n) is 6.85. The van der Waals surface area contributed by atoms with Crippen LogP contribution in [0.5, 0.6) is 0 Å². The molecule has 0 saturated heterocycles. The lowest BCUT2D eigenvalue weighted by Crippen LogP contribution is -2.35. The van der Waals surface area contributed by atoms with Crippen molar-refractivity contribution in [3.8, 4) is 0 Å². The van der Waals surface area contributed by atoms with Gasteiger partial charge in [-0.3, -0.25) is 4.79 Å². The van der Waals surface area contributed by atoms with E-state index in [1.807, 2.05) is 31.3 Å². The Kier molecular flexibility index (Phi) is 7.22. The van der Waals surface area contributed by atoms with Crippen molar-refractivity contribution in [2.24, 2.45) is 5.73 Å². The van der Waals surface area contributed by atoms with Crippen molar-refractivity contribution in [3.63, 3.8) is 0 Å². The Labute approximate surface area is 121 Å². The minimum absolute atomic E-state index is 0.0157. The van der Waals surface area contributed by atoms with Gasteiger partial charge in [0.05, 0.1) is 6.61 Å². The van der Waals surface area contributed by atoms with Gasteiger partial charge in [-0.1, -0.05) is 12.1 Å². The van der Waals surface area contributed by atoms with Gasteiger partial charge in [0, 0.05) is 38.3 Å². The zero-order valence-electron chi connectivity index (χ0n) is 12.6. The Bertz CT molecular complexity index is 406. The van der Waals surface area contributed by atoms with Gasteiger partial charge in [-0.15, -0.1) is 0 Å². The van der Waals surface area contributed by atoms with Crippen LogP contribution in [0.15, 0.2) is 24.3 Å². The molecule has 3 N–H and O–H groups in total. The third-order valence-corrected chi connectivity index (χ3v) is 3.33. The van der Waals surface area contributed by atoms with Crippen molar-refractivity contribution in [2.45, 2.75) is 25.9 Å². The molecule has 0 fully saturated rings. The van der Waals surface area contributed by atoms with Crippen LogP contribution in [0.3, 0.4) is 0 Å². The van der Waals surface area contributed by atoms with Gasteiger partial charge >= 0.3 is 0 Å². The summed E-state index contributed by atoms with van der Waals surface area (Å²) in [6.07, 6.45) is 0.462. The van der Waals surface area contributed by atoms with E-state index in [1.54, 1.807) is 7.11 Å². The van der Waals surface area contributed by atoms with Gasteiger partial charge in [0.2, 0.25) is 5.91 Å². The molecule has 1 aromatic rings. The number of nitrogens with zero attached hydrogens (tertiary/aromatic N) is 1. The van der Waals surface area contributed by atoms with Crippen LogP contribution in [-0.2, 0) is 16.1 Å². The van der Waals surface area contributed by atoms with E-state index in [9.17, 15) is 4.79 Å². The van der Waals surface area contributed by atoms with E-state index < -0.39 is 0 Å². The highest BCUT2D eigenvalue weighted by molar-refractivity contribution is 5.90. The summed E-state index contributed by atoms with van der Waals surface area (Å²) in [6.45, 7) is 3.96. The van der Waals surface area contributed by atoms with E-state index in [2.05, 4.69) is 17.1 Å². The molecular weight excluding hydrogens is 254 g/mol. The van der Waals surface area contributed by atoms with Crippen molar-refractivity contribution in [2.75, 3.05) is 32.6 Å². The zero-order chi connectivity index (χ0) is 15.0. The van der Waals surface area contributed by atoms with E-state index >= 15 is 0 Å². The zero-order valence-corrected chi connectivity index (χ0v) is 12.6. The molecule has 0 aliphatic rings. The molecule has 0 aliphatic carbocycles. The Balaban J connectivity index is 2.35. The van der Waals surface area contributed by atoms with Crippen molar-refractivity contribution in [1.29, 1.82) is 0 Å². The van der Waals surface area contributed by atoms with Crippen LogP contribution in [0.4, 0.5) is 5.69 Å². The predicted octanol–water partition coefficient (Wildman–Crippen LogP) is 1.44. The summed E-state index contributed by atoms with van der Waals surface area (Å²) in [6, 6.07) is 7.89. The van der Waals surface area contributed by atoms with Gasteiger partial charge in [-0.2, -0.15) is 0 Å². The van der Waals surface area contributed by atoms with E-state index in [4.69, 9.17) is 10.5 Å². The quantitative estimate of drug-likeness (QED) is 0.755. The second-order valence-electron chi connectivity index (χ2n) is 4.98. The second kappa shape index (κ2) is 8.68. The fourth-order valence-corrected chi connectivity index (χ4v) is 1.81. The molecule has 1 rings (SSSR count). The fourth-order valence-electron chi connectivity index (χ4n) is 1.81. The predicted molar refractivity (Wildman–Crippen MR) is 81.5 cm³/mol. The normalized spacial score (nSPS) is 12.4. The van der Waals surface area contributed by atoms with Crippen LogP contribution in [0.25, 0.3) is 0 Å². The third kappa shape index (κ3) is 5.69. The maximum absolute atomic E-state index is 11.9. The van der Waals surface area contributed by atoms with Gasteiger partial charge in [0.25, 0.3) is 0 Å². The molecule has 1 aromatic carbocycles. The SMILES string of the molecule is COCC(C)N(C)CCC(=O)Nc1ccc(CN)cc1. The Morgan fingerprint density at radius 3 is 2.60 bits per heavy atom. The number of hydrogen-bond donors (Lipinski definition) is 2. The highest BCUT2D eigenvalue weighted by atomic mass is 16.5. The lowest BCUT2D eigenvalue weighted by molar-refractivity contribution is -0.116. The number of carbonyl (C=O) groups is 1. The Morgan fingerprint density at radius 2 is 2.05 bits per heavy atom. The van der Waals surface area contributed by atoms with Gasteiger partial charge < -0.3 is 20.7 Å². The summed E-state index contributed by atoms with van der Waals surface area (Å²) in [5, 5.41) is 2.88. The molecule has 5 nitrogen and oxygen atoms in total.